The van der Waals surface area contributed by atoms with Crippen molar-refractivity contribution in [3.05, 3.63) is 40.8 Å². The van der Waals surface area contributed by atoms with E-state index in [0.29, 0.717) is 0 Å². The molecular formula is C10H12N2OS. The largest absolute Gasteiger partial charge is 0.469 e. The summed E-state index contributed by atoms with van der Waals surface area (Å²) >= 11 is 1.47. The van der Waals surface area contributed by atoms with Crippen molar-refractivity contribution in [1.29, 1.82) is 0 Å². The Balaban J connectivity index is 2.36. The fraction of sp³-hybridized carbons (Fsp3) is 0.300. The molecule has 2 rings (SSSR count). The number of aromatic nitrogens is 1. The second kappa shape index (κ2) is 3.94. The van der Waals surface area contributed by atoms with Crippen LogP contribution >= 0.6 is 11.5 Å². The lowest BCUT2D eigenvalue weighted by atomic mass is 10.1. The van der Waals surface area contributed by atoms with Gasteiger partial charge in [0.25, 0.3) is 0 Å². The van der Waals surface area contributed by atoms with Crippen molar-refractivity contribution < 1.29 is 4.42 Å². The number of nitrogens with zero attached hydrogens (tertiary/aromatic N) is 1. The van der Waals surface area contributed by atoms with Crippen LogP contribution in [0.4, 0.5) is 0 Å². The van der Waals surface area contributed by atoms with E-state index < -0.39 is 0 Å². The van der Waals surface area contributed by atoms with E-state index in [1.165, 1.54) is 11.5 Å². The fourth-order valence-corrected chi connectivity index (χ4v) is 2.08. The monoisotopic (exact) mass is 208 g/mol. The molecule has 0 aromatic carbocycles. The molecule has 0 aliphatic carbocycles. The number of aryl methyl sites for hydroxylation is 1. The SMILES string of the molecule is CNC(c1ccsn1)c1ccoc1C. The van der Waals surface area contributed by atoms with E-state index in [9.17, 15) is 0 Å². The van der Waals surface area contributed by atoms with Gasteiger partial charge in [-0.3, -0.25) is 0 Å². The fourth-order valence-electron chi connectivity index (χ4n) is 1.53. The van der Waals surface area contributed by atoms with Gasteiger partial charge in [-0.2, -0.15) is 4.37 Å². The number of furan rings is 1. The Morgan fingerprint density at radius 1 is 1.50 bits per heavy atom. The van der Waals surface area contributed by atoms with E-state index in [2.05, 4.69) is 9.69 Å². The maximum Gasteiger partial charge on any atom is 0.105 e. The Kier molecular flexibility index (Phi) is 2.65. The molecule has 2 aromatic rings. The third-order valence-electron chi connectivity index (χ3n) is 2.25. The summed E-state index contributed by atoms with van der Waals surface area (Å²) in [4.78, 5) is 0. The van der Waals surface area contributed by atoms with Gasteiger partial charge in [0.05, 0.1) is 18.0 Å². The number of hydrogen-bond donors (Lipinski definition) is 1. The van der Waals surface area contributed by atoms with Gasteiger partial charge in [0.15, 0.2) is 0 Å². The first-order chi connectivity index (χ1) is 6.83. The average molecular weight is 208 g/mol. The van der Waals surface area contributed by atoms with Crippen LogP contribution in [0.25, 0.3) is 0 Å². The van der Waals surface area contributed by atoms with E-state index >= 15 is 0 Å². The minimum atomic E-state index is 0.139. The summed E-state index contributed by atoms with van der Waals surface area (Å²) in [5, 5.41) is 5.21. The Morgan fingerprint density at radius 3 is 2.86 bits per heavy atom. The van der Waals surface area contributed by atoms with Crippen LogP contribution in [0, 0.1) is 6.92 Å². The summed E-state index contributed by atoms with van der Waals surface area (Å²) in [6.07, 6.45) is 1.71. The van der Waals surface area contributed by atoms with E-state index in [1.807, 2.05) is 31.5 Å². The van der Waals surface area contributed by atoms with Crippen LogP contribution in [-0.2, 0) is 0 Å². The first-order valence-electron chi connectivity index (χ1n) is 4.44. The van der Waals surface area contributed by atoms with Gasteiger partial charge in [-0.05, 0) is 37.6 Å². The van der Waals surface area contributed by atoms with Crippen molar-refractivity contribution >= 4 is 11.5 Å². The smallest absolute Gasteiger partial charge is 0.105 e. The number of hydrogen-bond acceptors (Lipinski definition) is 4. The van der Waals surface area contributed by atoms with Crippen LogP contribution in [0.1, 0.15) is 23.1 Å². The molecule has 0 radical (unpaired) electrons. The predicted molar refractivity (Wildman–Crippen MR) is 56.5 cm³/mol. The van der Waals surface area contributed by atoms with Gasteiger partial charge in [-0.1, -0.05) is 0 Å². The number of rotatable bonds is 3. The van der Waals surface area contributed by atoms with E-state index in [4.69, 9.17) is 4.42 Å². The average Bonchev–Trinajstić information content (AvgIpc) is 2.80. The molecule has 0 amide bonds. The predicted octanol–water partition coefficient (Wildman–Crippen LogP) is 2.35. The summed E-state index contributed by atoms with van der Waals surface area (Å²) in [5.74, 6) is 0.942. The van der Waals surface area contributed by atoms with Crippen LogP contribution in [-0.4, -0.2) is 11.4 Å². The molecule has 4 heteroatoms. The second-order valence-electron chi connectivity index (χ2n) is 3.08. The lowest BCUT2D eigenvalue weighted by Crippen LogP contribution is -2.17. The molecule has 0 aliphatic heterocycles. The summed E-state index contributed by atoms with van der Waals surface area (Å²) in [6, 6.07) is 4.15. The minimum absolute atomic E-state index is 0.139. The summed E-state index contributed by atoms with van der Waals surface area (Å²) < 4.78 is 9.60. The minimum Gasteiger partial charge on any atom is -0.469 e. The maximum atomic E-state index is 5.28. The molecule has 1 atom stereocenters. The third kappa shape index (κ3) is 1.58. The maximum absolute atomic E-state index is 5.28. The molecule has 2 heterocycles. The van der Waals surface area contributed by atoms with Gasteiger partial charge in [-0.15, -0.1) is 0 Å². The molecular weight excluding hydrogens is 196 g/mol. The first-order valence-corrected chi connectivity index (χ1v) is 5.28. The highest BCUT2D eigenvalue weighted by atomic mass is 32.1. The van der Waals surface area contributed by atoms with Gasteiger partial charge in [0.2, 0.25) is 0 Å². The second-order valence-corrected chi connectivity index (χ2v) is 3.74. The highest BCUT2D eigenvalue weighted by Gasteiger charge is 2.17. The van der Waals surface area contributed by atoms with E-state index in [0.717, 1.165) is 17.0 Å². The van der Waals surface area contributed by atoms with Gasteiger partial charge in [-0.25, -0.2) is 0 Å². The molecule has 2 aromatic heterocycles. The van der Waals surface area contributed by atoms with E-state index in [-0.39, 0.29) is 6.04 Å². The standard InChI is InChI=1S/C10H12N2OS/c1-7-8(3-5-13-7)10(11-2)9-4-6-14-12-9/h3-6,10-11H,1-2H3. The molecule has 3 nitrogen and oxygen atoms in total. The van der Waals surface area contributed by atoms with Crippen LogP contribution in [0.2, 0.25) is 0 Å². The zero-order valence-electron chi connectivity index (χ0n) is 8.15. The lowest BCUT2D eigenvalue weighted by Gasteiger charge is -2.12. The van der Waals surface area contributed by atoms with Crippen molar-refractivity contribution in [2.75, 3.05) is 7.05 Å². The molecule has 0 bridgehead atoms. The highest BCUT2D eigenvalue weighted by molar-refractivity contribution is 7.03. The van der Waals surface area contributed by atoms with Crippen molar-refractivity contribution in [3.63, 3.8) is 0 Å². The number of nitrogens with one attached hydrogen (secondary N) is 1. The van der Waals surface area contributed by atoms with Crippen molar-refractivity contribution in [3.8, 4) is 0 Å². The van der Waals surface area contributed by atoms with Crippen LogP contribution < -0.4 is 5.32 Å². The molecule has 0 fully saturated rings. The van der Waals surface area contributed by atoms with Crippen LogP contribution in [0.5, 0.6) is 0 Å². The molecule has 1 unspecified atom stereocenters. The van der Waals surface area contributed by atoms with Crippen molar-refractivity contribution in [2.24, 2.45) is 0 Å². The molecule has 74 valence electrons. The molecule has 0 saturated carbocycles. The molecule has 0 aliphatic rings. The first kappa shape index (κ1) is 9.43. The van der Waals surface area contributed by atoms with Crippen molar-refractivity contribution in [2.45, 2.75) is 13.0 Å². The zero-order valence-corrected chi connectivity index (χ0v) is 8.97. The topological polar surface area (TPSA) is 38.1 Å². The summed E-state index contributed by atoms with van der Waals surface area (Å²) in [7, 11) is 1.93. The lowest BCUT2D eigenvalue weighted by molar-refractivity contribution is 0.522. The molecule has 1 N–H and O–H groups in total. The summed E-state index contributed by atoms with van der Waals surface area (Å²) in [6.45, 7) is 1.96. The Bertz CT molecular complexity index is 394. The van der Waals surface area contributed by atoms with E-state index in [1.54, 1.807) is 6.26 Å². The quantitative estimate of drug-likeness (QED) is 0.841. The van der Waals surface area contributed by atoms with Gasteiger partial charge >= 0.3 is 0 Å². The normalized spacial score (nSPS) is 13.0. The Labute approximate surface area is 86.9 Å². The van der Waals surface area contributed by atoms with Gasteiger partial charge in [0, 0.05) is 10.9 Å². The Hall–Kier alpha value is -1.13. The third-order valence-corrected chi connectivity index (χ3v) is 2.83. The highest BCUT2D eigenvalue weighted by Crippen LogP contribution is 2.24. The Morgan fingerprint density at radius 2 is 2.36 bits per heavy atom. The van der Waals surface area contributed by atoms with Crippen LogP contribution in [0.15, 0.2) is 28.2 Å². The molecule has 14 heavy (non-hydrogen) atoms. The molecule has 0 saturated heterocycles. The summed E-state index contributed by atoms with van der Waals surface area (Å²) in [5.41, 5.74) is 2.19. The molecule has 0 spiro atoms. The van der Waals surface area contributed by atoms with Gasteiger partial charge in [0.1, 0.15) is 5.76 Å². The van der Waals surface area contributed by atoms with Gasteiger partial charge < -0.3 is 9.73 Å². The van der Waals surface area contributed by atoms with Crippen LogP contribution in [0.3, 0.4) is 0 Å². The zero-order chi connectivity index (χ0) is 9.97. The van der Waals surface area contributed by atoms with Crippen molar-refractivity contribution in [1.82, 2.24) is 9.69 Å².